The number of carboxylic acids is 1. The number of carboxylic acid groups (broad SMARTS) is 1. The van der Waals surface area contributed by atoms with Crippen molar-refractivity contribution in [2.24, 2.45) is 0 Å². The van der Waals surface area contributed by atoms with Crippen molar-refractivity contribution >= 4 is 33.7 Å². The van der Waals surface area contributed by atoms with Crippen LogP contribution in [-0.4, -0.2) is 36.0 Å². The molecule has 0 atom stereocenters. The van der Waals surface area contributed by atoms with Crippen molar-refractivity contribution in [3.8, 4) is 0 Å². The largest absolute Gasteiger partial charge is 0.480 e. The van der Waals surface area contributed by atoms with Gasteiger partial charge in [0.25, 0.3) is 5.91 Å². The molecule has 0 heterocycles. The van der Waals surface area contributed by atoms with Crippen LogP contribution in [-0.2, 0) is 9.59 Å². The van der Waals surface area contributed by atoms with Crippen molar-refractivity contribution in [1.82, 2.24) is 10.6 Å². The minimum atomic E-state index is -1.14. The van der Waals surface area contributed by atoms with Gasteiger partial charge in [-0.3, -0.25) is 14.4 Å². The fraction of sp³-hybridized carbons (Fsp3) is 0.250. The SMILES string of the molecule is Cc1c(Br)cccc1C(=O)NCC(=O)NCC(=O)O. The monoisotopic (exact) mass is 328 g/mol. The molecule has 0 saturated carbocycles. The van der Waals surface area contributed by atoms with E-state index < -0.39 is 18.4 Å². The Morgan fingerprint density at radius 2 is 1.89 bits per heavy atom. The third-order valence-corrected chi connectivity index (χ3v) is 3.22. The molecule has 0 bridgehead atoms. The van der Waals surface area contributed by atoms with Gasteiger partial charge < -0.3 is 15.7 Å². The van der Waals surface area contributed by atoms with Crippen molar-refractivity contribution < 1.29 is 19.5 Å². The Hall–Kier alpha value is -1.89. The van der Waals surface area contributed by atoms with Crippen LogP contribution in [0.5, 0.6) is 0 Å². The first kappa shape index (κ1) is 15.2. The van der Waals surface area contributed by atoms with Gasteiger partial charge in [0, 0.05) is 10.0 Å². The number of amides is 2. The Bertz CT molecular complexity index is 516. The second-order valence-electron chi connectivity index (χ2n) is 3.77. The highest BCUT2D eigenvalue weighted by molar-refractivity contribution is 9.10. The summed E-state index contributed by atoms with van der Waals surface area (Å²) in [7, 11) is 0. The molecule has 0 aliphatic heterocycles. The van der Waals surface area contributed by atoms with Gasteiger partial charge in [-0.25, -0.2) is 0 Å². The van der Waals surface area contributed by atoms with Gasteiger partial charge in [0.2, 0.25) is 5.91 Å². The number of halogens is 1. The summed E-state index contributed by atoms with van der Waals surface area (Å²) in [6.45, 7) is 1.05. The van der Waals surface area contributed by atoms with Crippen molar-refractivity contribution in [2.45, 2.75) is 6.92 Å². The summed E-state index contributed by atoms with van der Waals surface area (Å²) in [5.41, 5.74) is 1.23. The zero-order chi connectivity index (χ0) is 14.4. The van der Waals surface area contributed by atoms with E-state index in [0.717, 1.165) is 10.0 Å². The first-order valence-electron chi connectivity index (χ1n) is 5.43. The topological polar surface area (TPSA) is 95.5 Å². The third kappa shape index (κ3) is 4.70. The van der Waals surface area contributed by atoms with Crippen LogP contribution in [0, 0.1) is 6.92 Å². The summed E-state index contributed by atoms with van der Waals surface area (Å²) in [5.74, 6) is -2.07. The van der Waals surface area contributed by atoms with Gasteiger partial charge in [-0.05, 0) is 24.6 Å². The first-order chi connectivity index (χ1) is 8.91. The van der Waals surface area contributed by atoms with Crippen molar-refractivity contribution in [2.75, 3.05) is 13.1 Å². The average Bonchev–Trinajstić information content (AvgIpc) is 2.36. The number of nitrogens with one attached hydrogen (secondary N) is 2. The number of rotatable bonds is 5. The Labute approximate surface area is 118 Å². The fourth-order valence-electron chi connectivity index (χ4n) is 1.35. The van der Waals surface area contributed by atoms with Gasteiger partial charge in [0.05, 0.1) is 6.54 Å². The van der Waals surface area contributed by atoms with E-state index in [9.17, 15) is 14.4 Å². The highest BCUT2D eigenvalue weighted by Crippen LogP contribution is 2.19. The van der Waals surface area contributed by atoms with E-state index in [1.165, 1.54) is 0 Å². The summed E-state index contributed by atoms with van der Waals surface area (Å²) in [5, 5.41) is 13.0. The molecule has 3 N–H and O–H groups in total. The maximum Gasteiger partial charge on any atom is 0.322 e. The van der Waals surface area contributed by atoms with Gasteiger partial charge >= 0.3 is 5.97 Å². The smallest absolute Gasteiger partial charge is 0.322 e. The summed E-state index contributed by atoms with van der Waals surface area (Å²) >= 11 is 3.31. The van der Waals surface area contributed by atoms with E-state index in [0.29, 0.717) is 5.56 Å². The number of carbonyl (C=O) groups excluding carboxylic acids is 2. The van der Waals surface area contributed by atoms with Crippen molar-refractivity contribution in [1.29, 1.82) is 0 Å². The molecule has 0 unspecified atom stereocenters. The highest BCUT2D eigenvalue weighted by Gasteiger charge is 2.12. The minimum Gasteiger partial charge on any atom is -0.480 e. The van der Waals surface area contributed by atoms with Crippen LogP contribution < -0.4 is 10.6 Å². The van der Waals surface area contributed by atoms with Crippen LogP contribution in [0.2, 0.25) is 0 Å². The van der Waals surface area contributed by atoms with Crippen LogP contribution in [0.4, 0.5) is 0 Å². The number of benzene rings is 1. The lowest BCUT2D eigenvalue weighted by Crippen LogP contribution is -2.39. The van der Waals surface area contributed by atoms with E-state index in [-0.39, 0.29) is 12.5 Å². The standard InChI is InChI=1S/C12H13BrN2O4/c1-7-8(3-2-4-9(7)13)12(19)15-5-10(16)14-6-11(17)18/h2-4H,5-6H2,1H3,(H,14,16)(H,15,19)(H,17,18). The Balaban J connectivity index is 2.54. The Morgan fingerprint density at radius 1 is 1.21 bits per heavy atom. The number of aliphatic carboxylic acids is 1. The highest BCUT2D eigenvalue weighted by atomic mass is 79.9. The molecule has 0 aliphatic carbocycles. The molecule has 19 heavy (non-hydrogen) atoms. The van der Waals surface area contributed by atoms with E-state index in [1.54, 1.807) is 19.1 Å². The van der Waals surface area contributed by atoms with Crippen LogP contribution in [0.15, 0.2) is 22.7 Å². The predicted octanol–water partition coefficient (Wildman–Crippen LogP) is 0.688. The molecule has 0 saturated heterocycles. The zero-order valence-corrected chi connectivity index (χ0v) is 11.8. The van der Waals surface area contributed by atoms with E-state index in [4.69, 9.17) is 5.11 Å². The summed E-state index contributed by atoms with van der Waals surface area (Å²) in [4.78, 5) is 33.3. The minimum absolute atomic E-state index is 0.266. The molecule has 0 aliphatic rings. The average molecular weight is 329 g/mol. The molecule has 0 fully saturated rings. The van der Waals surface area contributed by atoms with E-state index in [1.807, 2.05) is 6.07 Å². The molecule has 0 radical (unpaired) electrons. The molecule has 1 aromatic rings. The quantitative estimate of drug-likeness (QED) is 0.741. The first-order valence-corrected chi connectivity index (χ1v) is 6.23. The van der Waals surface area contributed by atoms with Gasteiger partial charge in [-0.2, -0.15) is 0 Å². The van der Waals surface area contributed by atoms with Gasteiger partial charge in [0.1, 0.15) is 6.54 Å². The van der Waals surface area contributed by atoms with Crippen LogP contribution >= 0.6 is 15.9 Å². The summed E-state index contributed by atoms with van der Waals surface area (Å²) < 4.78 is 0.801. The number of hydrogen-bond donors (Lipinski definition) is 3. The normalized spacial score (nSPS) is 9.79. The lowest BCUT2D eigenvalue weighted by Gasteiger charge is -2.08. The third-order valence-electron chi connectivity index (χ3n) is 2.36. The van der Waals surface area contributed by atoms with Crippen LogP contribution in [0.3, 0.4) is 0 Å². The molecule has 0 spiro atoms. The fourth-order valence-corrected chi connectivity index (χ4v) is 1.71. The zero-order valence-electron chi connectivity index (χ0n) is 10.2. The lowest BCUT2D eigenvalue weighted by molar-refractivity contribution is -0.137. The molecular formula is C12H13BrN2O4. The summed E-state index contributed by atoms with van der Waals surface area (Å²) in [6, 6.07) is 5.17. The molecule has 7 heteroatoms. The molecule has 6 nitrogen and oxygen atoms in total. The van der Waals surface area contributed by atoms with E-state index >= 15 is 0 Å². The maximum absolute atomic E-state index is 11.8. The van der Waals surface area contributed by atoms with Crippen LogP contribution in [0.1, 0.15) is 15.9 Å². The molecule has 2 amide bonds. The molecule has 1 rings (SSSR count). The van der Waals surface area contributed by atoms with Gasteiger partial charge in [-0.1, -0.05) is 22.0 Å². The molecule has 1 aromatic carbocycles. The molecule has 102 valence electrons. The predicted molar refractivity (Wildman–Crippen MR) is 71.9 cm³/mol. The molecular weight excluding hydrogens is 316 g/mol. The van der Waals surface area contributed by atoms with Crippen LogP contribution in [0.25, 0.3) is 0 Å². The number of carbonyl (C=O) groups is 3. The Morgan fingerprint density at radius 3 is 2.53 bits per heavy atom. The van der Waals surface area contributed by atoms with Crippen molar-refractivity contribution in [3.63, 3.8) is 0 Å². The summed E-state index contributed by atoms with van der Waals surface area (Å²) in [6.07, 6.45) is 0. The van der Waals surface area contributed by atoms with Gasteiger partial charge in [0.15, 0.2) is 0 Å². The molecule has 0 aromatic heterocycles. The van der Waals surface area contributed by atoms with Crippen molar-refractivity contribution in [3.05, 3.63) is 33.8 Å². The maximum atomic E-state index is 11.8. The Kier molecular flexibility index (Phi) is 5.50. The number of hydrogen-bond acceptors (Lipinski definition) is 3. The lowest BCUT2D eigenvalue weighted by atomic mass is 10.1. The second-order valence-corrected chi connectivity index (χ2v) is 4.62. The second kappa shape index (κ2) is 6.89. The van der Waals surface area contributed by atoms with Gasteiger partial charge in [-0.15, -0.1) is 0 Å². The van der Waals surface area contributed by atoms with E-state index in [2.05, 4.69) is 26.6 Å².